The van der Waals surface area contributed by atoms with Crippen LogP contribution in [0.5, 0.6) is 5.75 Å². The average Bonchev–Trinajstić information content (AvgIpc) is 2.41. The van der Waals surface area contributed by atoms with E-state index in [9.17, 15) is 0 Å². The van der Waals surface area contributed by atoms with Crippen molar-refractivity contribution in [2.45, 2.75) is 18.9 Å². The van der Waals surface area contributed by atoms with Crippen LogP contribution in [0.2, 0.25) is 0 Å². The monoisotopic (exact) mass is 251 g/mol. The fraction of sp³-hybridized carbons (Fsp3) is 0.667. The molecule has 6 nitrogen and oxygen atoms in total. The Bertz CT molecular complexity index is 390. The lowest BCUT2D eigenvalue weighted by Gasteiger charge is -2.30. The van der Waals surface area contributed by atoms with Crippen molar-refractivity contribution in [3.8, 4) is 5.75 Å². The van der Waals surface area contributed by atoms with Gasteiger partial charge in [0.25, 0.3) is 0 Å². The number of methoxy groups -OCH3 is 1. The van der Waals surface area contributed by atoms with Crippen LogP contribution in [-0.4, -0.2) is 55.2 Å². The molecule has 0 aromatic carbocycles. The Kier molecular flexibility index (Phi) is 4.19. The minimum absolute atomic E-state index is 0.453. The third-order valence-corrected chi connectivity index (χ3v) is 3.30. The van der Waals surface area contributed by atoms with Gasteiger partial charge in [-0.25, -0.2) is 9.97 Å². The summed E-state index contributed by atoms with van der Waals surface area (Å²) in [5.74, 6) is 2.16. The Balaban J connectivity index is 2.09. The molecule has 1 aliphatic rings. The first-order chi connectivity index (χ1) is 8.74. The summed E-state index contributed by atoms with van der Waals surface area (Å²) in [6.07, 6.45) is 3.79. The Morgan fingerprint density at radius 2 is 1.94 bits per heavy atom. The molecule has 0 saturated carbocycles. The van der Waals surface area contributed by atoms with Gasteiger partial charge in [-0.3, -0.25) is 0 Å². The number of hydrogen-bond donors (Lipinski definition) is 2. The Morgan fingerprint density at radius 1 is 1.28 bits per heavy atom. The lowest BCUT2D eigenvalue weighted by molar-refractivity contribution is 0.263. The van der Waals surface area contributed by atoms with Crippen molar-refractivity contribution in [3.05, 3.63) is 6.33 Å². The second kappa shape index (κ2) is 5.86. The number of rotatable bonds is 4. The largest absolute Gasteiger partial charge is 0.490 e. The van der Waals surface area contributed by atoms with Crippen molar-refractivity contribution in [2.75, 3.05) is 44.9 Å². The number of ether oxygens (including phenoxy) is 1. The molecule has 0 spiro atoms. The summed E-state index contributed by atoms with van der Waals surface area (Å²) in [5.41, 5.74) is 0. The zero-order valence-electron chi connectivity index (χ0n) is 11.2. The van der Waals surface area contributed by atoms with Crippen molar-refractivity contribution < 1.29 is 4.74 Å². The first-order valence-corrected chi connectivity index (χ1v) is 6.26. The van der Waals surface area contributed by atoms with Gasteiger partial charge in [0, 0.05) is 13.1 Å². The lowest BCUT2D eigenvalue weighted by Crippen LogP contribution is -2.37. The zero-order chi connectivity index (χ0) is 13.0. The predicted octanol–water partition coefficient (Wildman–Crippen LogP) is 1.03. The van der Waals surface area contributed by atoms with Gasteiger partial charge >= 0.3 is 0 Å². The van der Waals surface area contributed by atoms with Gasteiger partial charge in [-0.1, -0.05) is 0 Å². The van der Waals surface area contributed by atoms with Crippen LogP contribution in [0.3, 0.4) is 0 Å². The first-order valence-electron chi connectivity index (χ1n) is 6.26. The molecule has 1 fully saturated rings. The van der Waals surface area contributed by atoms with Crippen LogP contribution in [0.15, 0.2) is 6.33 Å². The van der Waals surface area contributed by atoms with Crippen molar-refractivity contribution in [3.63, 3.8) is 0 Å². The highest BCUT2D eigenvalue weighted by atomic mass is 16.5. The Morgan fingerprint density at radius 3 is 2.56 bits per heavy atom. The smallest absolute Gasteiger partial charge is 0.204 e. The van der Waals surface area contributed by atoms with E-state index in [0.29, 0.717) is 17.6 Å². The molecule has 2 heterocycles. The molecule has 1 aromatic heterocycles. The maximum absolute atomic E-state index is 5.37. The van der Waals surface area contributed by atoms with E-state index in [1.807, 2.05) is 7.05 Å². The normalized spacial score (nSPS) is 17.5. The summed E-state index contributed by atoms with van der Waals surface area (Å²) < 4.78 is 5.37. The second-order valence-corrected chi connectivity index (χ2v) is 4.58. The standard InChI is InChI=1S/C12H21N5O/c1-13-11-10(18-3)12(15-8-14-11)16-9-4-6-17(2)7-5-9/h8-9H,4-7H2,1-3H3,(H2,13,14,15,16). The van der Waals surface area contributed by atoms with E-state index in [-0.39, 0.29) is 0 Å². The zero-order valence-corrected chi connectivity index (χ0v) is 11.2. The van der Waals surface area contributed by atoms with E-state index < -0.39 is 0 Å². The molecule has 0 amide bonds. The molecule has 100 valence electrons. The fourth-order valence-electron chi connectivity index (χ4n) is 2.19. The van der Waals surface area contributed by atoms with Crippen molar-refractivity contribution in [1.29, 1.82) is 0 Å². The molecular weight excluding hydrogens is 230 g/mol. The van der Waals surface area contributed by atoms with E-state index in [1.165, 1.54) is 0 Å². The molecule has 1 aliphatic heterocycles. The molecule has 0 bridgehead atoms. The number of aromatic nitrogens is 2. The molecule has 0 atom stereocenters. The van der Waals surface area contributed by atoms with Crippen molar-refractivity contribution in [1.82, 2.24) is 14.9 Å². The molecule has 18 heavy (non-hydrogen) atoms. The van der Waals surface area contributed by atoms with E-state index >= 15 is 0 Å². The highest BCUT2D eigenvalue weighted by Gasteiger charge is 2.19. The number of piperidine rings is 1. The molecule has 0 aliphatic carbocycles. The number of nitrogens with zero attached hydrogens (tertiary/aromatic N) is 3. The summed E-state index contributed by atoms with van der Waals surface area (Å²) >= 11 is 0. The Labute approximate surface area is 108 Å². The SMILES string of the molecule is CNc1ncnc(NC2CCN(C)CC2)c1OC. The number of likely N-dealkylation sites (tertiary alicyclic amines) is 1. The van der Waals surface area contributed by atoms with Gasteiger partial charge in [0.05, 0.1) is 7.11 Å². The second-order valence-electron chi connectivity index (χ2n) is 4.58. The van der Waals surface area contributed by atoms with Gasteiger partial charge in [0.1, 0.15) is 6.33 Å². The molecular formula is C12H21N5O. The topological polar surface area (TPSA) is 62.3 Å². The molecule has 1 saturated heterocycles. The third kappa shape index (κ3) is 2.81. The quantitative estimate of drug-likeness (QED) is 0.833. The minimum Gasteiger partial charge on any atom is -0.490 e. The van der Waals surface area contributed by atoms with E-state index in [0.717, 1.165) is 31.7 Å². The minimum atomic E-state index is 0.453. The van der Waals surface area contributed by atoms with Crippen LogP contribution in [0, 0.1) is 0 Å². The maximum atomic E-state index is 5.37. The van der Waals surface area contributed by atoms with E-state index in [2.05, 4.69) is 32.5 Å². The Hall–Kier alpha value is -1.56. The number of hydrogen-bond acceptors (Lipinski definition) is 6. The lowest BCUT2D eigenvalue weighted by atomic mass is 10.1. The molecule has 6 heteroatoms. The van der Waals surface area contributed by atoms with Crippen LogP contribution in [0.25, 0.3) is 0 Å². The molecule has 1 aromatic rings. The van der Waals surface area contributed by atoms with Gasteiger partial charge < -0.3 is 20.3 Å². The van der Waals surface area contributed by atoms with Crippen molar-refractivity contribution >= 4 is 11.6 Å². The van der Waals surface area contributed by atoms with Gasteiger partial charge in [0.15, 0.2) is 11.6 Å². The summed E-state index contributed by atoms with van der Waals surface area (Å²) in [6.45, 7) is 2.23. The van der Waals surface area contributed by atoms with Crippen molar-refractivity contribution in [2.24, 2.45) is 0 Å². The number of anilines is 2. The molecule has 2 rings (SSSR count). The molecule has 2 N–H and O–H groups in total. The van der Waals surface area contributed by atoms with Gasteiger partial charge in [-0.2, -0.15) is 0 Å². The van der Waals surface area contributed by atoms with E-state index in [4.69, 9.17) is 4.74 Å². The van der Waals surface area contributed by atoms with Gasteiger partial charge in [-0.05, 0) is 33.0 Å². The predicted molar refractivity (Wildman–Crippen MR) is 72.3 cm³/mol. The summed E-state index contributed by atoms with van der Waals surface area (Å²) in [7, 11) is 5.62. The van der Waals surface area contributed by atoms with Gasteiger partial charge in [0.2, 0.25) is 5.75 Å². The third-order valence-electron chi connectivity index (χ3n) is 3.30. The van der Waals surface area contributed by atoms with Crippen LogP contribution in [0.1, 0.15) is 12.8 Å². The summed E-state index contributed by atoms with van der Waals surface area (Å²) in [6, 6.07) is 0.453. The van der Waals surface area contributed by atoms with Crippen LogP contribution in [-0.2, 0) is 0 Å². The van der Waals surface area contributed by atoms with E-state index in [1.54, 1.807) is 13.4 Å². The molecule has 0 radical (unpaired) electrons. The first kappa shape index (κ1) is 12.9. The highest BCUT2D eigenvalue weighted by molar-refractivity contribution is 5.63. The molecule has 0 unspecified atom stereocenters. The van der Waals surface area contributed by atoms with Crippen LogP contribution in [0.4, 0.5) is 11.6 Å². The highest BCUT2D eigenvalue weighted by Crippen LogP contribution is 2.29. The van der Waals surface area contributed by atoms with Crippen LogP contribution < -0.4 is 15.4 Å². The summed E-state index contributed by atoms with van der Waals surface area (Å²) in [4.78, 5) is 10.8. The van der Waals surface area contributed by atoms with Crippen LogP contribution >= 0.6 is 0 Å². The van der Waals surface area contributed by atoms with Gasteiger partial charge in [-0.15, -0.1) is 0 Å². The summed E-state index contributed by atoms with van der Waals surface area (Å²) in [5, 5.41) is 6.46. The number of nitrogens with one attached hydrogen (secondary N) is 2. The maximum Gasteiger partial charge on any atom is 0.204 e. The fourth-order valence-corrected chi connectivity index (χ4v) is 2.19. The average molecular weight is 251 g/mol.